The monoisotopic (exact) mass is 359 g/mol. The van der Waals surface area contributed by atoms with E-state index < -0.39 is 23.6 Å². The fourth-order valence-corrected chi connectivity index (χ4v) is 2.96. The van der Waals surface area contributed by atoms with Crippen LogP contribution in [0.25, 0.3) is 22.4 Å². The zero-order chi connectivity index (χ0) is 18.5. The van der Waals surface area contributed by atoms with Gasteiger partial charge in [-0.3, -0.25) is 9.78 Å². The zero-order valence-electron chi connectivity index (χ0n) is 13.2. The molecule has 1 saturated carbocycles. The number of hydrogen-bond acceptors (Lipinski definition) is 4. The molecule has 1 aliphatic carbocycles. The summed E-state index contributed by atoms with van der Waals surface area (Å²) in [4.78, 5) is 24.3. The lowest BCUT2D eigenvalue weighted by molar-refractivity contribution is -0.139. The number of nitrogens with zero attached hydrogens (tertiary/aromatic N) is 3. The van der Waals surface area contributed by atoms with Crippen molar-refractivity contribution in [2.45, 2.75) is 18.5 Å². The number of alkyl halides is 3. The number of carbonyl (C=O) groups is 1. The minimum atomic E-state index is -4.42. The molecule has 1 N–H and O–H groups in total. The van der Waals surface area contributed by atoms with Gasteiger partial charge in [0.15, 0.2) is 5.82 Å². The maximum absolute atomic E-state index is 12.7. The minimum Gasteiger partial charge on any atom is -0.481 e. The van der Waals surface area contributed by atoms with Gasteiger partial charge in [-0.1, -0.05) is 12.1 Å². The van der Waals surface area contributed by atoms with Crippen molar-refractivity contribution in [3.63, 3.8) is 0 Å². The number of carboxylic acids is 1. The van der Waals surface area contributed by atoms with E-state index in [0.717, 1.165) is 12.1 Å². The molecule has 0 spiro atoms. The number of aliphatic carboxylic acids is 1. The maximum Gasteiger partial charge on any atom is 0.416 e. The smallest absolute Gasteiger partial charge is 0.416 e. The van der Waals surface area contributed by atoms with E-state index in [-0.39, 0.29) is 11.7 Å². The average Bonchev–Trinajstić information content (AvgIpc) is 3.41. The van der Waals surface area contributed by atoms with Crippen LogP contribution in [-0.2, 0) is 11.0 Å². The number of benzene rings is 1. The van der Waals surface area contributed by atoms with Crippen molar-refractivity contribution in [1.82, 2.24) is 15.0 Å². The van der Waals surface area contributed by atoms with E-state index >= 15 is 0 Å². The Labute approximate surface area is 145 Å². The van der Waals surface area contributed by atoms with Gasteiger partial charge in [0, 0.05) is 17.7 Å². The van der Waals surface area contributed by atoms with Crippen LogP contribution in [-0.4, -0.2) is 26.0 Å². The Kier molecular flexibility index (Phi) is 3.64. The van der Waals surface area contributed by atoms with Crippen molar-refractivity contribution in [2.75, 3.05) is 0 Å². The van der Waals surface area contributed by atoms with Crippen LogP contribution in [0, 0.1) is 5.92 Å². The van der Waals surface area contributed by atoms with Crippen molar-refractivity contribution in [3.8, 4) is 11.4 Å². The molecule has 0 aliphatic heterocycles. The van der Waals surface area contributed by atoms with Crippen molar-refractivity contribution in [3.05, 3.63) is 53.9 Å². The molecule has 0 saturated heterocycles. The maximum atomic E-state index is 12.7. The second-order valence-corrected chi connectivity index (χ2v) is 6.17. The zero-order valence-corrected chi connectivity index (χ0v) is 13.2. The van der Waals surface area contributed by atoms with Crippen molar-refractivity contribution in [2.24, 2.45) is 5.92 Å². The summed E-state index contributed by atoms with van der Waals surface area (Å²) in [5, 5.41) is 9.18. The van der Waals surface area contributed by atoms with E-state index in [1.165, 1.54) is 12.1 Å². The van der Waals surface area contributed by atoms with Crippen LogP contribution in [0.5, 0.6) is 0 Å². The van der Waals surface area contributed by atoms with Gasteiger partial charge >= 0.3 is 12.1 Å². The molecule has 0 bridgehead atoms. The number of hydrogen-bond donors (Lipinski definition) is 1. The summed E-state index contributed by atoms with van der Waals surface area (Å²) >= 11 is 0. The van der Waals surface area contributed by atoms with E-state index in [0.29, 0.717) is 28.7 Å². The van der Waals surface area contributed by atoms with Gasteiger partial charge < -0.3 is 5.11 Å². The first-order valence-electron chi connectivity index (χ1n) is 7.87. The Balaban J connectivity index is 1.80. The van der Waals surface area contributed by atoms with Gasteiger partial charge in [0.25, 0.3) is 0 Å². The lowest BCUT2D eigenvalue weighted by atomic mass is 10.1. The van der Waals surface area contributed by atoms with Crippen LogP contribution in [0.2, 0.25) is 0 Å². The Morgan fingerprint density at radius 1 is 1.12 bits per heavy atom. The second-order valence-electron chi connectivity index (χ2n) is 6.17. The van der Waals surface area contributed by atoms with Crippen LogP contribution in [0.1, 0.15) is 23.6 Å². The van der Waals surface area contributed by atoms with Gasteiger partial charge in [-0.25, -0.2) is 9.97 Å². The number of carboxylic acid groups (broad SMARTS) is 1. The Morgan fingerprint density at radius 2 is 1.85 bits per heavy atom. The first-order chi connectivity index (χ1) is 12.3. The molecule has 8 heteroatoms. The quantitative estimate of drug-likeness (QED) is 0.768. The van der Waals surface area contributed by atoms with E-state index in [1.807, 2.05) is 0 Å². The summed E-state index contributed by atoms with van der Waals surface area (Å²) in [6.45, 7) is 0. The standard InChI is InChI=1S/C18H12F3N3O2/c19-18(20,21)10-5-3-9(4-6-10)16-23-13-2-1-7-22-15(13)14(24-16)11-8-12(11)17(25)26/h1-7,11-12H,8H2,(H,25,26)/t11-,12-/m1/s1. The Hall–Kier alpha value is -3.03. The first kappa shape index (κ1) is 16.4. The normalized spacial score (nSPS) is 19.5. The van der Waals surface area contributed by atoms with E-state index in [9.17, 15) is 23.1 Å². The van der Waals surface area contributed by atoms with E-state index in [1.54, 1.807) is 18.3 Å². The summed E-state index contributed by atoms with van der Waals surface area (Å²) in [6.07, 6.45) is -2.38. The molecule has 0 amide bonds. The fourth-order valence-electron chi connectivity index (χ4n) is 2.96. The molecule has 0 radical (unpaired) electrons. The highest BCUT2D eigenvalue weighted by molar-refractivity contribution is 5.82. The largest absolute Gasteiger partial charge is 0.481 e. The van der Waals surface area contributed by atoms with E-state index in [2.05, 4.69) is 15.0 Å². The highest BCUT2D eigenvalue weighted by Crippen LogP contribution is 2.48. The molecular weight excluding hydrogens is 347 g/mol. The van der Waals surface area contributed by atoms with Crippen LogP contribution >= 0.6 is 0 Å². The van der Waals surface area contributed by atoms with Crippen molar-refractivity contribution >= 4 is 17.0 Å². The summed E-state index contributed by atoms with van der Waals surface area (Å²) in [5.74, 6) is -1.42. The van der Waals surface area contributed by atoms with Crippen molar-refractivity contribution in [1.29, 1.82) is 0 Å². The summed E-state index contributed by atoms with van der Waals surface area (Å²) in [7, 11) is 0. The van der Waals surface area contributed by atoms with E-state index in [4.69, 9.17) is 0 Å². The molecule has 1 aliphatic rings. The number of halogens is 3. The molecule has 1 fully saturated rings. The second kappa shape index (κ2) is 5.76. The number of pyridine rings is 1. The lowest BCUT2D eigenvalue weighted by Gasteiger charge is -2.09. The predicted molar refractivity (Wildman–Crippen MR) is 86.3 cm³/mol. The highest BCUT2D eigenvalue weighted by Gasteiger charge is 2.46. The molecule has 5 nitrogen and oxygen atoms in total. The molecule has 26 heavy (non-hydrogen) atoms. The van der Waals surface area contributed by atoms with Crippen LogP contribution < -0.4 is 0 Å². The van der Waals surface area contributed by atoms with Crippen molar-refractivity contribution < 1.29 is 23.1 Å². The van der Waals surface area contributed by atoms with Gasteiger partial charge in [-0.15, -0.1) is 0 Å². The van der Waals surface area contributed by atoms with Gasteiger partial charge in [-0.2, -0.15) is 13.2 Å². The Morgan fingerprint density at radius 3 is 2.46 bits per heavy atom. The molecular formula is C18H12F3N3O2. The molecule has 0 unspecified atom stereocenters. The molecule has 132 valence electrons. The fraction of sp³-hybridized carbons (Fsp3) is 0.222. The summed E-state index contributed by atoms with van der Waals surface area (Å²) in [5.41, 5.74) is 1.26. The van der Waals surface area contributed by atoms with Gasteiger partial charge in [-0.05, 0) is 30.7 Å². The molecule has 4 rings (SSSR count). The number of rotatable bonds is 3. The average molecular weight is 359 g/mol. The third-order valence-corrected chi connectivity index (χ3v) is 4.41. The molecule has 2 atom stereocenters. The summed E-state index contributed by atoms with van der Waals surface area (Å²) in [6, 6.07) is 7.99. The first-order valence-corrected chi connectivity index (χ1v) is 7.87. The van der Waals surface area contributed by atoms with Crippen LogP contribution in [0.3, 0.4) is 0 Å². The SMILES string of the molecule is O=C(O)[C@@H]1C[C@H]1c1nc(-c2ccc(C(F)(F)F)cc2)nc2cccnc12. The van der Waals surface area contributed by atoms with Crippen LogP contribution in [0.4, 0.5) is 13.2 Å². The Bertz CT molecular complexity index is 1000. The third-order valence-electron chi connectivity index (χ3n) is 4.41. The third kappa shape index (κ3) is 2.87. The summed E-state index contributed by atoms with van der Waals surface area (Å²) < 4.78 is 38.2. The number of fused-ring (bicyclic) bond motifs is 1. The molecule has 1 aromatic carbocycles. The van der Waals surface area contributed by atoms with Gasteiger partial charge in [0.2, 0.25) is 0 Å². The minimum absolute atomic E-state index is 0.255. The lowest BCUT2D eigenvalue weighted by Crippen LogP contribution is -2.05. The predicted octanol–water partition coefficient (Wildman–Crippen LogP) is 3.90. The molecule has 2 heterocycles. The number of aromatic nitrogens is 3. The van der Waals surface area contributed by atoms with Gasteiger partial charge in [0.05, 0.1) is 22.7 Å². The van der Waals surface area contributed by atoms with Gasteiger partial charge in [0.1, 0.15) is 5.52 Å². The topological polar surface area (TPSA) is 76.0 Å². The van der Waals surface area contributed by atoms with Crippen LogP contribution in [0.15, 0.2) is 42.6 Å². The molecule has 2 aromatic heterocycles. The highest BCUT2D eigenvalue weighted by atomic mass is 19.4. The molecule has 3 aromatic rings.